The van der Waals surface area contributed by atoms with Crippen LogP contribution in [0, 0.1) is 0 Å². The largest absolute Gasteiger partial charge is 0.484 e. The minimum atomic E-state index is -0.140. The molecule has 3 aromatic heterocycles. The first-order valence-electron chi connectivity index (χ1n) is 9.77. The lowest BCUT2D eigenvalue weighted by atomic mass is 9.87. The van der Waals surface area contributed by atoms with E-state index in [4.69, 9.17) is 4.74 Å². The molecule has 0 aliphatic rings. The minimum absolute atomic E-state index is 0.000235. The van der Waals surface area contributed by atoms with Gasteiger partial charge in [0, 0.05) is 18.3 Å². The van der Waals surface area contributed by atoms with E-state index < -0.39 is 0 Å². The first-order chi connectivity index (χ1) is 14.4. The zero-order chi connectivity index (χ0) is 21.1. The number of thiophene rings is 1. The number of rotatable bonds is 7. The van der Waals surface area contributed by atoms with Crippen molar-refractivity contribution in [1.29, 1.82) is 0 Å². The number of aromatic nitrogens is 3. The van der Waals surface area contributed by atoms with Gasteiger partial charge in [-0.3, -0.25) is 4.79 Å². The fourth-order valence-electron chi connectivity index (χ4n) is 2.99. The number of benzene rings is 1. The zero-order valence-corrected chi connectivity index (χ0v) is 18.8. The molecule has 0 aliphatic heterocycles. The van der Waals surface area contributed by atoms with E-state index in [1.165, 1.54) is 5.56 Å². The van der Waals surface area contributed by atoms with Gasteiger partial charge >= 0.3 is 0 Å². The topological polar surface area (TPSA) is 68.5 Å². The average molecular weight is 441 g/mol. The molecule has 0 saturated carbocycles. The molecule has 30 heavy (non-hydrogen) atoms. The van der Waals surface area contributed by atoms with Gasteiger partial charge in [-0.05, 0) is 34.6 Å². The Hall–Kier alpha value is -2.71. The second kappa shape index (κ2) is 8.57. The number of amides is 1. The summed E-state index contributed by atoms with van der Waals surface area (Å²) in [5.41, 5.74) is 2.36. The number of nitrogens with zero attached hydrogens (tertiary/aromatic N) is 3. The molecule has 1 amide bonds. The lowest BCUT2D eigenvalue weighted by Gasteiger charge is -2.19. The van der Waals surface area contributed by atoms with Gasteiger partial charge < -0.3 is 10.1 Å². The summed E-state index contributed by atoms with van der Waals surface area (Å²) >= 11 is 3.18. The van der Waals surface area contributed by atoms with Crippen molar-refractivity contribution in [3.05, 3.63) is 58.4 Å². The molecule has 0 atom stereocenters. The molecule has 0 fully saturated rings. The van der Waals surface area contributed by atoms with Crippen LogP contribution < -0.4 is 10.1 Å². The van der Waals surface area contributed by atoms with E-state index in [1.807, 2.05) is 51.7 Å². The lowest BCUT2D eigenvalue weighted by Crippen LogP contribution is -2.30. The molecule has 0 saturated heterocycles. The van der Waals surface area contributed by atoms with Gasteiger partial charge in [0.1, 0.15) is 5.75 Å². The van der Waals surface area contributed by atoms with Crippen LogP contribution in [0.2, 0.25) is 0 Å². The van der Waals surface area contributed by atoms with Crippen LogP contribution in [0.4, 0.5) is 0 Å². The first-order valence-corrected chi connectivity index (χ1v) is 11.5. The molecule has 0 unspecified atom stereocenters. The Labute approximate surface area is 183 Å². The van der Waals surface area contributed by atoms with Crippen LogP contribution in [-0.2, 0) is 16.6 Å². The van der Waals surface area contributed by atoms with E-state index in [2.05, 4.69) is 36.2 Å². The van der Waals surface area contributed by atoms with Crippen molar-refractivity contribution in [2.45, 2.75) is 32.6 Å². The number of thiazole rings is 1. The molecule has 3 heterocycles. The summed E-state index contributed by atoms with van der Waals surface area (Å²) in [4.78, 5) is 18.6. The highest BCUT2D eigenvalue weighted by Crippen LogP contribution is 2.25. The fourth-order valence-corrected chi connectivity index (χ4v) is 4.50. The van der Waals surface area contributed by atoms with Gasteiger partial charge in [0.05, 0.1) is 10.6 Å². The van der Waals surface area contributed by atoms with Crippen LogP contribution >= 0.6 is 22.7 Å². The molecule has 4 rings (SSSR count). The van der Waals surface area contributed by atoms with Crippen LogP contribution in [0.1, 0.15) is 32.0 Å². The Morgan fingerprint density at radius 2 is 1.97 bits per heavy atom. The number of nitrogens with one attached hydrogen (secondary N) is 1. The van der Waals surface area contributed by atoms with E-state index in [-0.39, 0.29) is 17.9 Å². The minimum Gasteiger partial charge on any atom is -0.484 e. The van der Waals surface area contributed by atoms with Crippen molar-refractivity contribution in [1.82, 2.24) is 19.9 Å². The Morgan fingerprint density at radius 3 is 2.67 bits per heavy atom. The van der Waals surface area contributed by atoms with Crippen molar-refractivity contribution in [3.63, 3.8) is 0 Å². The fraction of sp³-hybridized carbons (Fsp3) is 0.318. The van der Waals surface area contributed by atoms with E-state index in [0.29, 0.717) is 18.7 Å². The Morgan fingerprint density at radius 1 is 1.17 bits per heavy atom. The molecular formula is C22H24N4O2S2. The highest BCUT2D eigenvalue weighted by atomic mass is 32.1. The van der Waals surface area contributed by atoms with Gasteiger partial charge in [-0.1, -0.05) is 39.0 Å². The summed E-state index contributed by atoms with van der Waals surface area (Å²) in [7, 11) is 0. The van der Waals surface area contributed by atoms with E-state index in [1.54, 1.807) is 22.7 Å². The van der Waals surface area contributed by atoms with Gasteiger partial charge in [0.25, 0.3) is 5.91 Å². The maximum atomic E-state index is 12.1. The summed E-state index contributed by atoms with van der Waals surface area (Å²) < 4.78 is 7.46. The number of hydrogen-bond acceptors (Lipinski definition) is 6. The molecule has 0 spiro atoms. The van der Waals surface area contributed by atoms with E-state index in [0.717, 1.165) is 21.4 Å². The van der Waals surface area contributed by atoms with Gasteiger partial charge in [0.2, 0.25) is 4.96 Å². The first kappa shape index (κ1) is 20.6. The second-order valence-electron chi connectivity index (χ2n) is 8.00. The SMILES string of the molecule is CC(C)(C)c1ccc(OCC(=O)NCCc2csc3nc(-c4cccs4)nn23)cc1. The molecule has 0 bridgehead atoms. The molecular weight excluding hydrogens is 416 g/mol. The molecule has 0 aliphatic carbocycles. The summed E-state index contributed by atoms with van der Waals surface area (Å²) in [6, 6.07) is 11.9. The van der Waals surface area contributed by atoms with Gasteiger partial charge in [0.15, 0.2) is 12.4 Å². The Bertz CT molecular complexity index is 1120. The van der Waals surface area contributed by atoms with Gasteiger partial charge in [-0.25, -0.2) is 4.52 Å². The van der Waals surface area contributed by atoms with Crippen molar-refractivity contribution < 1.29 is 9.53 Å². The summed E-state index contributed by atoms with van der Waals surface area (Å²) in [5, 5.41) is 11.6. The molecule has 8 heteroatoms. The van der Waals surface area contributed by atoms with Crippen LogP contribution in [0.3, 0.4) is 0 Å². The number of ether oxygens (including phenoxy) is 1. The van der Waals surface area contributed by atoms with E-state index in [9.17, 15) is 4.79 Å². The molecule has 1 aromatic carbocycles. The second-order valence-corrected chi connectivity index (χ2v) is 9.78. The maximum absolute atomic E-state index is 12.1. The third-order valence-electron chi connectivity index (χ3n) is 4.69. The predicted molar refractivity (Wildman–Crippen MR) is 122 cm³/mol. The average Bonchev–Trinajstić information content (AvgIpc) is 3.44. The number of carbonyl (C=O) groups excluding carboxylic acids is 1. The quantitative estimate of drug-likeness (QED) is 0.458. The van der Waals surface area contributed by atoms with Gasteiger partial charge in [-0.15, -0.1) is 27.8 Å². The number of carbonyl (C=O) groups is 1. The number of hydrogen-bond donors (Lipinski definition) is 1. The summed E-state index contributed by atoms with van der Waals surface area (Å²) in [5.74, 6) is 1.30. The monoisotopic (exact) mass is 440 g/mol. The van der Waals surface area contributed by atoms with Crippen LogP contribution in [0.25, 0.3) is 15.7 Å². The highest BCUT2D eigenvalue weighted by Gasteiger charge is 2.14. The molecule has 1 N–H and O–H groups in total. The van der Waals surface area contributed by atoms with Crippen molar-refractivity contribution >= 4 is 33.5 Å². The van der Waals surface area contributed by atoms with E-state index >= 15 is 0 Å². The zero-order valence-electron chi connectivity index (χ0n) is 17.2. The number of fused-ring (bicyclic) bond motifs is 1. The Balaban J connectivity index is 1.27. The van der Waals surface area contributed by atoms with Crippen LogP contribution in [0.15, 0.2) is 47.2 Å². The summed E-state index contributed by atoms with van der Waals surface area (Å²) in [6.07, 6.45) is 0.680. The van der Waals surface area contributed by atoms with Crippen molar-refractivity contribution in [2.24, 2.45) is 0 Å². The molecule has 0 radical (unpaired) electrons. The van der Waals surface area contributed by atoms with Crippen LogP contribution in [0.5, 0.6) is 5.75 Å². The van der Waals surface area contributed by atoms with Crippen LogP contribution in [-0.4, -0.2) is 33.7 Å². The summed E-state index contributed by atoms with van der Waals surface area (Å²) in [6.45, 7) is 7.02. The molecule has 156 valence electrons. The van der Waals surface area contributed by atoms with Gasteiger partial charge in [-0.2, -0.15) is 4.98 Å². The maximum Gasteiger partial charge on any atom is 0.257 e. The molecule has 6 nitrogen and oxygen atoms in total. The lowest BCUT2D eigenvalue weighted by molar-refractivity contribution is -0.123. The Kier molecular flexibility index (Phi) is 5.87. The third-order valence-corrected chi connectivity index (χ3v) is 6.42. The van der Waals surface area contributed by atoms with Crippen molar-refractivity contribution in [2.75, 3.05) is 13.2 Å². The standard InChI is InChI=1S/C22H24N4O2S2/c1-22(2,3)15-6-8-17(9-7-15)28-13-19(27)23-11-10-16-14-30-21-24-20(25-26(16)21)18-5-4-12-29-18/h4-9,12,14H,10-11,13H2,1-3H3,(H,23,27). The third kappa shape index (κ3) is 4.71. The molecule has 4 aromatic rings. The highest BCUT2D eigenvalue weighted by molar-refractivity contribution is 7.15. The smallest absolute Gasteiger partial charge is 0.257 e. The normalized spacial score (nSPS) is 11.7. The van der Waals surface area contributed by atoms with Crippen molar-refractivity contribution in [3.8, 4) is 16.5 Å². The predicted octanol–water partition coefficient (Wildman–Crippen LogP) is 4.55.